The van der Waals surface area contributed by atoms with E-state index in [1.807, 2.05) is 0 Å². The molecule has 22 heavy (non-hydrogen) atoms. The second-order valence-corrected chi connectivity index (χ2v) is 6.88. The van der Waals surface area contributed by atoms with Crippen LogP contribution < -0.4 is 5.32 Å². The van der Waals surface area contributed by atoms with Gasteiger partial charge in [0.05, 0.1) is 0 Å². The Morgan fingerprint density at radius 3 is 2.32 bits per heavy atom. The molecule has 2 N–H and O–H groups in total. The summed E-state index contributed by atoms with van der Waals surface area (Å²) >= 11 is 0. The third kappa shape index (κ3) is 4.45. The molecule has 5 nitrogen and oxygen atoms in total. The number of ether oxygens (including phenoxy) is 1. The van der Waals surface area contributed by atoms with E-state index in [1.165, 1.54) is 0 Å². The summed E-state index contributed by atoms with van der Waals surface area (Å²) in [7, 11) is 0. The normalized spacial score (nSPS) is 30.0. The number of nitrogens with one attached hydrogen (secondary N) is 1. The highest BCUT2D eigenvalue weighted by Gasteiger charge is 2.42. The fourth-order valence-electron chi connectivity index (χ4n) is 3.67. The van der Waals surface area contributed by atoms with E-state index in [-0.39, 0.29) is 5.91 Å². The van der Waals surface area contributed by atoms with Gasteiger partial charge in [-0.2, -0.15) is 0 Å². The van der Waals surface area contributed by atoms with Crippen molar-refractivity contribution in [3.63, 3.8) is 0 Å². The Balaban J connectivity index is 1.82. The Kier molecular flexibility index (Phi) is 6.24. The summed E-state index contributed by atoms with van der Waals surface area (Å²) in [6.45, 7) is 3.71. The topological polar surface area (TPSA) is 75.6 Å². The molecule has 1 aliphatic heterocycles. The molecule has 2 rings (SSSR count). The van der Waals surface area contributed by atoms with Crippen molar-refractivity contribution in [1.29, 1.82) is 0 Å². The molecule has 5 heteroatoms. The van der Waals surface area contributed by atoms with Gasteiger partial charge >= 0.3 is 5.97 Å². The Morgan fingerprint density at radius 2 is 1.77 bits per heavy atom. The molecule has 0 spiro atoms. The van der Waals surface area contributed by atoms with Gasteiger partial charge in [-0.05, 0) is 56.8 Å². The average Bonchev–Trinajstić information content (AvgIpc) is 2.54. The summed E-state index contributed by atoms with van der Waals surface area (Å²) in [5.41, 5.74) is -1.03. The number of carbonyl (C=O) groups is 2. The molecule has 0 aromatic rings. The van der Waals surface area contributed by atoms with E-state index in [1.54, 1.807) is 0 Å². The molecule has 1 amide bonds. The highest BCUT2D eigenvalue weighted by Crippen LogP contribution is 2.34. The smallest absolute Gasteiger partial charge is 0.329 e. The van der Waals surface area contributed by atoms with Gasteiger partial charge in [0.1, 0.15) is 5.54 Å². The number of aliphatic carboxylic acids is 1. The number of carboxylic acid groups (broad SMARTS) is 1. The fourth-order valence-corrected chi connectivity index (χ4v) is 3.67. The molecule has 0 aromatic carbocycles. The number of carboxylic acids is 1. The molecule has 126 valence electrons. The predicted octanol–water partition coefficient (Wildman–Crippen LogP) is 2.73. The lowest BCUT2D eigenvalue weighted by atomic mass is 9.75. The van der Waals surface area contributed by atoms with Crippen LogP contribution in [0, 0.1) is 11.8 Å². The van der Waals surface area contributed by atoms with Crippen LogP contribution in [-0.2, 0) is 14.3 Å². The van der Waals surface area contributed by atoms with Crippen LogP contribution in [0.1, 0.15) is 64.7 Å². The third-order valence-corrected chi connectivity index (χ3v) is 5.44. The first-order valence-corrected chi connectivity index (χ1v) is 8.68. The number of rotatable bonds is 6. The number of amides is 1. The van der Waals surface area contributed by atoms with Gasteiger partial charge in [-0.1, -0.05) is 13.3 Å². The van der Waals surface area contributed by atoms with Crippen LogP contribution in [-0.4, -0.2) is 35.7 Å². The lowest BCUT2D eigenvalue weighted by Crippen LogP contribution is -2.56. The molecule has 2 fully saturated rings. The molecule has 0 unspecified atom stereocenters. The molecular formula is C17H29NO4. The zero-order chi connectivity index (χ0) is 16.0. The van der Waals surface area contributed by atoms with E-state index in [0.717, 1.165) is 51.7 Å². The quantitative estimate of drug-likeness (QED) is 0.791. The summed E-state index contributed by atoms with van der Waals surface area (Å²) in [6.07, 6.45) is 7.28. The first kappa shape index (κ1) is 17.3. The average molecular weight is 311 g/mol. The van der Waals surface area contributed by atoms with E-state index < -0.39 is 11.5 Å². The summed E-state index contributed by atoms with van der Waals surface area (Å²) < 4.78 is 5.32. The monoisotopic (exact) mass is 311 g/mol. The SMILES string of the molecule is CCC1CCC(NC(=O)CCC2CCOCC2)(C(=O)O)CC1. The Labute approximate surface area is 132 Å². The van der Waals surface area contributed by atoms with Crippen molar-refractivity contribution in [3.8, 4) is 0 Å². The molecule has 0 aromatic heterocycles. The van der Waals surface area contributed by atoms with E-state index in [4.69, 9.17) is 4.74 Å². The molecule has 0 bridgehead atoms. The molecular weight excluding hydrogens is 282 g/mol. The highest BCUT2D eigenvalue weighted by molar-refractivity contribution is 5.87. The second-order valence-electron chi connectivity index (χ2n) is 6.88. The number of hydrogen-bond acceptors (Lipinski definition) is 3. The lowest BCUT2D eigenvalue weighted by molar-refractivity contribution is -0.149. The van der Waals surface area contributed by atoms with Gasteiger partial charge in [-0.3, -0.25) is 4.79 Å². The van der Waals surface area contributed by atoms with Crippen molar-refractivity contribution in [3.05, 3.63) is 0 Å². The van der Waals surface area contributed by atoms with Gasteiger partial charge in [0.2, 0.25) is 5.91 Å². The zero-order valence-electron chi connectivity index (χ0n) is 13.6. The third-order valence-electron chi connectivity index (χ3n) is 5.44. The minimum atomic E-state index is -1.03. The van der Waals surface area contributed by atoms with Gasteiger partial charge < -0.3 is 15.2 Å². The van der Waals surface area contributed by atoms with Gasteiger partial charge in [-0.25, -0.2) is 4.79 Å². The zero-order valence-corrected chi connectivity index (χ0v) is 13.6. The van der Waals surface area contributed by atoms with Crippen molar-refractivity contribution in [2.45, 2.75) is 70.3 Å². The summed E-state index contributed by atoms with van der Waals surface area (Å²) in [6, 6.07) is 0. The summed E-state index contributed by atoms with van der Waals surface area (Å²) in [5.74, 6) is 0.160. The first-order chi connectivity index (χ1) is 10.6. The van der Waals surface area contributed by atoms with E-state index in [2.05, 4.69) is 12.2 Å². The Hall–Kier alpha value is -1.10. The maximum atomic E-state index is 12.2. The van der Waals surface area contributed by atoms with E-state index >= 15 is 0 Å². The van der Waals surface area contributed by atoms with Crippen LogP contribution in [0.25, 0.3) is 0 Å². The van der Waals surface area contributed by atoms with Crippen LogP contribution in [0.4, 0.5) is 0 Å². The maximum Gasteiger partial charge on any atom is 0.329 e. The minimum absolute atomic E-state index is 0.108. The Morgan fingerprint density at radius 1 is 1.14 bits per heavy atom. The fraction of sp³-hybridized carbons (Fsp3) is 0.882. The van der Waals surface area contributed by atoms with Gasteiger partial charge in [-0.15, -0.1) is 0 Å². The molecule has 1 heterocycles. The number of hydrogen-bond donors (Lipinski definition) is 2. The predicted molar refractivity (Wildman–Crippen MR) is 83.5 cm³/mol. The van der Waals surface area contributed by atoms with Gasteiger partial charge in [0.15, 0.2) is 0 Å². The van der Waals surface area contributed by atoms with Crippen molar-refractivity contribution in [1.82, 2.24) is 5.32 Å². The van der Waals surface area contributed by atoms with E-state index in [9.17, 15) is 14.7 Å². The van der Waals surface area contributed by atoms with Crippen molar-refractivity contribution in [2.75, 3.05) is 13.2 Å². The van der Waals surface area contributed by atoms with Crippen LogP contribution >= 0.6 is 0 Å². The Bertz CT molecular complexity index is 382. The van der Waals surface area contributed by atoms with Crippen LogP contribution in [0.5, 0.6) is 0 Å². The first-order valence-electron chi connectivity index (χ1n) is 8.68. The molecule has 0 radical (unpaired) electrons. The standard InChI is InChI=1S/C17H29NO4/c1-2-13-5-9-17(10-6-13,16(20)21)18-15(19)4-3-14-7-11-22-12-8-14/h13-14H,2-12H2,1H3,(H,18,19)(H,20,21). The summed E-state index contributed by atoms with van der Waals surface area (Å²) in [4.78, 5) is 23.9. The van der Waals surface area contributed by atoms with Crippen LogP contribution in [0.15, 0.2) is 0 Å². The molecule has 2 aliphatic rings. The lowest BCUT2D eigenvalue weighted by Gasteiger charge is -2.37. The van der Waals surface area contributed by atoms with Gasteiger partial charge in [0, 0.05) is 19.6 Å². The molecule has 1 saturated carbocycles. The van der Waals surface area contributed by atoms with Crippen LogP contribution in [0.3, 0.4) is 0 Å². The van der Waals surface area contributed by atoms with Gasteiger partial charge in [0.25, 0.3) is 0 Å². The van der Waals surface area contributed by atoms with Crippen molar-refractivity contribution < 1.29 is 19.4 Å². The molecule has 1 aliphatic carbocycles. The highest BCUT2D eigenvalue weighted by atomic mass is 16.5. The molecule has 0 atom stereocenters. The maximum absolute atomic E-state index is 12.2. The summed E-state index contributed by atoms with van der Waals surface area (Å²) in [5, 5.41) is 12.4. The minimum Gasteiger partial charge on any atom is -0.480 e. The number of carbonyl (C=O) groups excluding carboxylic acids is 1. The van der Waals surface area contributed by atoms with Crippen LogP contribution in [0.2, 0.25) is 0 Å². The van der Waals surface area contributed by atoms with E-state index in [0.29, 0.717) is 31.1 Å². The second kappa shape index (κ2) is 7.95. The molecule has 1 saturated heterocycles. The van der Waals surface area contributed by atoms with Crippen molar-refractivity contribution in [2.24, 2.45) is 11.8 Å². The van der Waals surface area contributed by atoms with Crippen molar-refractivity contribution >= 4 is 11.9 Å². The largest absolute Gasteiger partial charge is 0.480 e.